The monoisotopic (exact) mass is 489 g/mol. The van der Waals surface area contributed by atoms with Crippen LogP contribution < -0.4 is 33.2 Å². The molecule has 15 heteroatoms. The van der Waals surface area contributed by atoms with Crippen molar-refractivity contribution in [3.63, 3.8) is 0 Å². The van der Waals surface area contributed by atoms with E-state index in [0.29, 0.717) is 0 Å². The van der Waals surface area contributed by atoms with Crippen molar-refractivity contribution < 1.29 is 39.3 Å². The van der Waals surface area contributed by atoms with Crippen LogP contribution in [0.15, 0.2) is 4.99 Å². The standard InChI is InChI=1S/C19H35N7O8/c1-9(2)6-12(17(32)26-13(8-27)18(33)34)25-16(31)11(4-3-5-23-19(21)22)24-15(30)10(20)7-14(28)29/h9-13,27H,3-8,20H2,1-2H3,(H,24,30)(H,25,31)(H,26,32)(H,28,29)(H,33,34)(H4,21,22,23). The number of amides is 3. The molecule has 0 radical (unpaired) electrons. The summed E-state index contributed by atoms with van der Waals surface area (Å²) in [6.45, 7) is 2.82. The van der Waals surface area contributed by atoms with Crippen molar-refractivity contribution in [1.82, 2.24) is 16.0 Å². The number of nitrogens with one attached hydrogen (secondary N) is 3. The molecule has 0 saturated heterocycles. The van der Waals surface area contributed by atoms with Gasteiger partial charge in [-0.25, -0.2) is 4.79 Å². The average Bonchev–Trinajstić information content (AvgIpc) is 2.71. The van der Waals surface area contributed by atoms with E-state index in [2.05, 4.69) is 20.9 Å². The molecule has 0 aliphatic heterocycles. The number of carboxylic acid groups (broad SMARTS) is 2. The Balaban J connectivity index is 5.54. The maximum absolute atomic E-state index is 12.9. The number of aliphatic imine (C=N–C) groups is 1. The highest BCUT2D eigenvalue weighted by molar-refractivity contribution is 5.94. The second kappa shape index (κ2) is 15.4. The zero-order valence-electron chi connectivity index (χ0n) is 19.2. The second-order valence-corrected chi connectivity index (χ2v) is 7.99. The number of guanidine groups is 1. The van der Waals surface area contributed by atoms with Crippen LogP contribution in [0, 0.1) is 5.92 Å². The second-order valence-electron chi connectivity index (χ2n) is 7.99. The molecule has 0 aromatic heterocycles. The van der Waals surface area contributed by atoms with Gasteiger partial charge in [0.2, 0.25) is 17.7 Å². The molecule has 0 saturated carbocycles. The highest BCUT2D eigenvalue weighted by atomic mass is 16.4. The van der Waals surface area contributed by atoms with Crippen LogP contribution in [0.1, 0.15) is 39.5 Å². The fraction of sp³-hybridized carbons (Fsp3) is 0.684. The van der Waals surface area contributed by atoms with E-state index < -0.39 is 66.9 Å². The predicted molar refractivity (Wildman–Crippen MR) is 120 cm³/mol. The third kappa shape index (κ3) is 12.5. The molecule has 0 spiro atoms. The first-order valence-corrected chi connectivity index (χ1v) is 10.6. The first-order chi connectivity index (χ1) is 15.8. The Morgan fingerprint density at radius 3 is 1.88 bits per heavy atom. The predicted octanol–water partition coefficient (Wildman–Crippen LogP) is -3.58. The highest BCUT2D eigenvalue weighted by Crippen LogP contribution is 2.08. The van der Waals surface area contributed by atoms with Gasteiger partial charge in [-0.15, -0.1) is 0 Å². The van der Waals surface area contributed by atoms with Crippen LogP contribution in [0.3, 0.4) is 0 Å². The molecule has 12 N–H and O–H groups in total. The smallest absolute Gasteiger partial charge is 0.328 e. The molecule has 0 fully saturated rings. The van der Waals surface area contributed by atoms with Crippen molar-refractivity contribution in [2.45, 2.75) is 63.7 Å². The lowest BCUT2D eigenvalue weighted by Gasteiger charge is -2.25. The molecule has 34 heavy (non-hydrogen) atoms. The molecule has 15 nitrogen and oxygen atoms in total. The van der Waals surface area contributed by atoms with Gasteiger partial charge in [0.25, 0.3) is 0 Å². The van der Waals surface area contributed by atoms with E-state index in [1.807, 2.05) is 0 Å². The van der Waals surface area contributed by atoms with Crippen LogP contribution in [-0.2, 0) is 24.0 Å². The Morgan fingerprint density at radius 1 is 0.882 bits per heavy atom. The Labute approximate surface area is 196 Å². The molecule has 4 unspecified atom stereocenters. The van der Waals surface area contributed by atoms with Crippen molar-refractivity contribution in [2.75, 3.05) is 13.2 Å². The minimum Gasteiger partial charge on any atom is -0.481 e. The van der Waals surface area contributed by atoms with Crippen LogP contribution in [0.5, 0.6) is 0 Å². The van der Waals surface area contributed by atoms with E-state index >= 15 is 0 Å². The number of hydrogen-bond donors (Lipinski definition) is 9. The van der Waals surface area contributed by atoms with Crippen LogP contribution >= 0.6 is 0 Å². The summed E-state index contributed by atoms with van der Waals surface area (Å²) in [5.74, 6) is -5.52. The molecule has 0 rings (SSSR count). The van der Waals surface area contributed by atoms with Crippen LogP contribution in [0.4, 0.5) is 0 Å². The summed E-state index contributed by atoms with van der Waals surface area (Å²) in [5.41, 5.74) is 16.1. The van der Waals surface area contributed by atoms with Gasteiger partial charge in [0, 0.05) is 6.54 Å². The number of aliphatic hydroxyl groups is 1. The zero-order chi connectivity index (χ0) is 26.4. The number of carbonyl (C=O) groups is 5. The molecular weight excluding hydrogens is 454 g/mol. The van der Waals surface area contributed by atoms with E-state index in [9.17, 15) is 24.0 Å². The Hall–Kier alpha value is -3.46. The van der Waals surface area contributed by atoms with Gasteiger partial charge in [-0.05, 0) is 25.2 Å². The van der Waals surface area contributed by atoms with E-state index in [1.54, 1.807) is 13.8 Å². The van der Waals surface area contributed by atoms with Crippen molar-refractivity contribution >= 4 is 35.6 Å². The molecule has 0 bridgehead atoms. The average molecular weight is 490 g/mol. The highest BCUT2D eigenvalue weighted by Gasteiger charge is 2.30. The molecule has 194 valence electrons. The Morgan fingerprint density at radius 2 is 1.41 bits per heavy atom. The normalized spacial score (nSPS) is 14.3. The summed E-state index contributed by atoms with van der Waals surface area (Å²) in [4.78, 5) is 63.5. The molecule has 3 amide bonds. The number of aliphatic hydroxyl groups excluding tert-OH is 1. The van der Waals surface area contributed by atoms with Crippen molar-refractivity contribution in [3.05, 3.63) is 0 Å². The molecular formula is C19H35N7O8. The lowest BCUT2D eigenvalue weighted by molar-refractivity contribution is -0.143. The number of carboxylic acids is 2. The maximum atomic E-state index is 12.9. The number of aliphatic carboxylic acids is 2. The van der Waals surface area contributed by atoms with Gasteiger partial charge in [-0.2, -0.15) is 0 Å². The summed E-state index contributed by atoms with van der Waals surface area (Å²) in [6.07, 6.45) is -0.261. The minimum absolute atomic E-state index is 0.0263. The van der Waals surface area contributed by atoms with Gasteiger partial charge in [0.1, 0.15) is 18.1 Å². The summed E-state index contributed by atoms with van der Waals surface area (Å²) < 4.78 is 0. The molecule has 0 aliphatic rings. The Kier molecular flexibility index (Phi) is 13.8. The van der Waals surface area contributed by atoms with Gasteiger partial charge in [0.05, 0.1) is 19.1 Å². The maximum Gasteiger partial charge on any atom is 0.328 e. The van der Waals surface area contributed by atoms with E-state index in [4.69, 9.17) is 32.5 Å². The molecule has 0 aromatic rings. The van der Waals surface area contributed by atoms with Crippen LogP contribution in [-0.4, -0.2) is 88.3 Å². The third-order valence-electron chi connectivity index (χ3n) is 4.45. The largest absolute Gasteiger partial charge is 0.481 e. The minimum atomic E-state index is -1.57. The van der Waals surface area contributed by atoms with Crippen molar-refractivity contribution in [3.8, 4) is 0 Å². The summed E-state index contributed by atoms with van der Waals surface area (Å²) >= 11 is 0. The van der Waals surface area contributed by atoms with Crippen molar-refractivity contribution in [1.29, 1.82) is 0 Å². The fourth-order valence-electron chi connectivity index (χ4n) is 2.76. The number of carbonyl (C=O) groups excluding carboxylic acids is 3. The number of rotatable bonds is 16. The van der Waals surface area contributed by atoms with Gasteiger partial charge in [-0.3, -0.25) is 24.2 Å². The quantitative estimate of drug-likeness (QED) is 0.0580. The van der Waals surface area contributed by atoms with Gasteiger partial charge >= 0.3 is 11.9 Å². The molecule has 4 atom stereocenters. The van der Waals surface area contributed by atoms with Gasteiger partial charge < -0.3 is 48.5 Å². The van der Waals surface area contributed by atoms with E-state index in [-0.39, 0.29) is 37.7 Å². The third-order valence-corrected chi connectivity index (χ3v) is 4.45. The van der Waals surface area contributed by atoms with Crippen molar-refractivity contribution in [2.24, 2.45) is 28.1 Å². The SMILES string of the molecule is CC(C)CC(NC(=O)C(CCCN=C(N)N)NC(=O)C(N)CC(=O)O)C(=O)NC(CO)C(=O)O. The van der Waals surface area contributed by atoms with Crippen LogP contribution in [0.2, 0.25) is 0 Å². The number of nitrogens with two attached hydrogens (primary N) is 3. The van der Waals surface area contributed by atoms with Crippen LogP contribution in [0.25, 0.3) is 0 Å². The summed E-state index contributed by atoms with van der Waals surface area (Å²) in [6, 6.07) is -5.37. The lowest BCUT2D eigenvalue weighted by Crippen LogP contribution is -2.57. The lowest BCUT2D eigenvalue weighted by atomic mass is 10.0. The Bertz CT molecular complexity index is 755. The summed E-state index contributed by atoms with van der Waals surface area (Å²) in [5, 5.41) is 34.0. The van der Waals surface area contributed by atoms with Gasteiger partial charge in [-0.1, -0.05) is 13.8 Å². The number of nitrogens with zero attached hydrogens (tertiary/aromatic N) is 1. The fourth-order valence-corrected chi connectivity index (χ4v) is 2.76. The first-order valence-electron chi connectivity index (χ1n) is 10.6. The first kappa shape index (κ1) is 30.5. The molecule has 0 aromatic carbocycles. The molecule has 0 heterocycles. The molecule has 0 aliphatic carbocycles. The van der Waals surface area contributed by atoms with Gasteiger partial charge in [0.15, 0.2) is 5.96 Å². The zero-order valence-corrected chi connectivity index (χ0v) is 19.2. The van der Waals surface area contributed by atoms with E-state index in [1.165, 1.54) is 0 Å². The summed E-state index contributed by atoms with van der Waals surface area (Å²) in [7, 11) is 0. The van der Waals surface area contributed by atoms with E-state index in [0.717, 1.165) is 0 Å². The number of hydrogen-bond acceptors (Lipinski definition) is 8. The topological polar surface area (TPSA) is 273 Å².